The van der Waals surface area contributed by atoms with Gasteiger partial charge in [-0.2, -0.15) is 0 Å². The first-order chi connectivity index (χ1) is 8.15. The molecule has 0 spiro atoms. The largest absolute Gasteiger partial charge is 0.349 e. The molecule has 0 aliphatic heterocycles. The Bertz CT molecular complexity index is 222. The van der Waals surface area contributed by atoms with E-state index in [1.54, 1.807) is 0 Å². The summed E-state index contributed by atoms with van der Waals surface area (Å²) in [5, 5.41) is 3.16. The molecule has 1 fully saturated rings. The minimum Gasteiger partial charge on any atom is -0.349 e. The zero-order valence-corrected chi connectivity index (χ0v) is 11.4. The highest BCUT2D eigenvalue weighted by Crippen LogP contribution is 2.26. The first-order valence-electron chi connectivity index (χ1n) is 7.17. The monoisotopic (exact) mass is 240 g/mol. The number of carbonyl (C=O) groups excluding carboxylic acids is 1. The lowest BCUT2D eigenvalue weighted by Crippen LogP contribution is -2.53. The quantitative estimate of drug-likeness (QED) is 0.750. The molecule has 3 heteroatoms. The second kappa shape index (κ2) is 7.00. The summed E-state index contributed by atoms with van der Waals surface area (Å²) < 4.78 is 0. The van der Waals surface area contributed by atoms with Crippen molar-refractivity contribution in [2.45, 2.75) is 70.8 Å². The van der Waals surface area contributed by atoms with Crippen LogP contribution in [-0.2, 0) is 4.79 Å². The summed E-state index contributed by atoms with van der Waals surface area (Å²) in [6.07, 6.45) is 8.90. The zero-order valence-electron chi connectivity index (χ0n) is 11.4. The van der Waals surface area contributed by atoms with Crippen LogP contribution in [0.15, 0.2) is 0 Å². The number of nitrogens with two attached hydrogens (primary N) is 1. The van der Waals surface area contributed by atoms with E-state index in [9.17, 15) is 4.79 Å². The summed E-state index contributed by atoms with van der Waals surface area (Å²) in [5.41, 5.74) is 5.62. The van der Waals surface area contributed by atoms with Gasteiger partial charge in [-0.05, 0) is 31.6 Å². The van der Waals surface area contributed by atoms with Crippen LogP contribution >= 0.6 is 0 Å². The van der Waals surface area contributed by atoms with Gasteiger partial charge in [-0.3, -0.25) is 4.79 Å². The van der Waals surface area contributed by atoms with E-state index in [-0.39, 0.29) is 11.4 Å². The van der Waals surface area contributed by atoms with Crippen molar-refractivity contribution in [3.8, 4) is 0 Å². The van der Waals surface area contributed by atoms with Crippen molar-refractivity contribution in [2.75, 3.05) is 6.54 Å². The Morgan fingerprint density at radius 1 is 1.24 bits per heavy atom. The Morgan fingerprint density at radius 2 is 1.82 bits per heavy atom. The van der Waals surface area contributed by atoms with E-state index in [1.165, 1.54) is 32.1 Å². The summed E-state index contributed by atoms with van der Waals surface area (Å²) >= 11 is 0. The number of amides is 1. The van der Waals surface area contributed by atoms with Crippen LogP contribution in [0.4, 0.5) is 0 Å². The van der Waals surface area contributed by atoms with Crippen LogP contribution in [0, 0.1) is 5.92 Å². The smallest absolute Gasteiger partial charge is 0.220 e. The third kappa shape index (κ3) is 4.30. The maximum atomic E-state index is 12.0. The molecule has 1 amide bonds. The Morgan fingerprint density at radius 3 is 2.29 bits per heavy atom. The number of hydrogen-bond donors (Lipinski definition) is 2. The van der Waals surface area contributed by atoms with Crippen molar-refractivity contribution >= 4 is 5.91 Å². The van der Waals surface area contributed by atoms with Crippen LogP contribution in [0.1, 0.15) is 65.2 Å². The summed E-state index contributed by atoms with van der Waals surface area (Å²) in [4.78, 5) is 12.0. The zero-order chi connectivity index (χ0) is 12.7. The lowest BCUT2D eigenvalue weighted by molar-refractivity contribution is -0.124. The lowest BCUT2D eigenvalue weighted by atomic mass is 9.86. The van der Waals surface area contributed by atoms with Crippen LogP contribution < -0.4 is 11.1 Å². The molecule has 100 valence electrons. The normalized spacial score (nSPS) is 18.1. The van der Waals surface area contributed by atoms with Gasteiger partial charge >= 0.3 is 0 Å². The molecule has 0 atom stereocenters. The molecule has 0 bridgehead atoms. The van der Waals surface area contributed by atoms with Crippen molar-refractivity contribution in [3.63, 3.8) is 0 Å². The molecule has 0 radical (unpaired) electrons. The number of carbonyl (C=O) groups is 1. The molecule has 0 aromatic heterocycles. The van der Waals surface area contributed by atoms with Crippen molar-refractivity contribution < 1.29 is 4.79 Å². The number of rotatable bonds is 6. The maximum absolute atomic E-state index is 12.0. The van der Waals surface area contributed by atoms with Gasteiger partial charge in [0.2, 0.25) is 5.91 Å². The Labute approximate surface area is 106 Å². The average Bonchev–Trinajstić information content (AvgIpc) is 2.37. The van der Waals surface area contributed by atoms with E-state index in [2.05, 4.69) is 19.2 Å². The van der Waals surface area contributed by atoms with Gasteiger partial charge in [0, 0.05) is 13.0 Å². The number of nitrogens with one attached hydrogen (secondary N) is 1. The molecule has 3 N–H and O–H groups in total. The van der Waals surface area contributed by atoms with E-state index in [0.29, 0.717) is 18.9 Å². The van der Waals surface area contributed by atoms with Gasteiger partial charge in [-0.25, -0.2) is 0 Å². The van der Waals surface area contributed by atoms with Gasteiger partial charge in [-0.1, -0.05) is 33.1 Å². The summed E-state index contributed by atoms with van der Waals surface area (Å²) in [6, 6.07) is 0. The van der Waals surface area contributed by atoms with Gasteiger partial charge in [0.15, 0.2) is 0 Å². The molecule has 1 aliphatic carbocycles. The highest BCUT2D eigenvalue weighted by molar-refractivity contribution is 5.77. The van der Waals surface area contributed by atoms with E-state index >= 15 is 0 Å². The molecule has 0 aromatic rings. The molecule has 0 saturated heterocycles. The topological polar surface area (TPSA) is 55.1 Å². The minimum atomic E-state index is -0.175. The Balaban J connectivity index is 2.41. The van der Waals surface area contributed by atoms with E-state index < -0.39 is 0 Å². The molecule has 1 aliphatic rings. The van der Waals surface area contributed by atoms with Crippen molar-refractivity contribution in [3.05, 3.63) is 0 Å². The second-order valence-electron chi connectivity index (χ2n) is 5.45. The highest BCUT2D eigenvalue weighted by Gasteiger charge is 2.27. The Hall–Kier alpha value is -0.570. The molecule has 1 saturated carbocycles. The third-order valence-electron chi connectivity index (χ3n) is 4.35. The van der Waals surface area contributed by atoms with Crippen LogP contribution in [0.3, 0.4) is 0 Å². The van der Waals surface area contributed by atoms with Gasteiger partial charge in [-0.15, -0.1) is 0 Å². The fraction of sp³-hybridized carbons (Fsp3) is 0.929. The molecular formula is C14H28N2O. The van der Waals surface area contributed by atoms with E-state index in [0.717, 1.165) is 12.8 Å². The highest BCUT2D eigenvalue weighted by atomic mass is 16.1. The number of hydrogen-bond acceptors (Lipinski definition) is 2. The maximum Gasteiger partial charge on any atom is 0.220 e. The summed E-state index contributed by atoms with van der Waals surface area (Å²) in [7, 11) is 0. The second-order valence-corrected chi connectivity index (χ2v) is 5.45. The van der Waals surface area contributed by atoms with Crippen molar-refractivity contribution in [1.29, 1.82) is 0 Å². The van der Waals surface area contributed by atoms with Gasteiger partial charge in [0.25, 0.3) is 0 Å². The predicted molar refractivity (Wildman–Crippen MR) is 71.7 cm³/mol. The lowest BCUT2D eigenvalue weighted by Gasteiger charge is -2.32. The fourth-order valence-corrected chi connectivity index (χ4v) is 2.77. The molecule has 0 unspecified atom stereocenters. The van der Waals surface area contributed by atoms with Crippen LogP contribution in [0.5, 0.6) is 0 Å². The Kier molecular flexibility index (Phi) is 5.96. The molecule has 3 nitrogen and oxygen atoms in total. The molecule has 0 heterocycles. The summed E-state index contributed by atoms with van der Waals surface area (Å²) in [6.45, 7) is 4.73. The van der Waals surface area contributed by atoms with E-state index in [4.69, 9.17) is 5.73 Å². The van der Waals surface area contributed by atoms with Crippen molar-refractivity contribution in [1.82, 2.24) is 5.32 Å². The van der Waals surface area contributed by atoms with Crippen LogP contribution in [-0.4, -0.2) is 18.0 Å². The van der Waals surface area contributed by atoms with Gasteiger partial charge in [0.1, 0.15) is 0 Å². The van der Waals surface area contributed by atoms with Crippen LogP contribution in [0.25, 0.3) is 0 Å². The predicted octanol–water partition coefficient (Wildman–Crippen LogP) is 2.59. The molecular weight excluding hydrogens is 212 g/mol. The SMILES string of the molecule is CCC(CC)(CN)NC(=O)CC1CCCCC1. The fourth-order valence-electron chi connectivity index (χ4n) is 2.77. The van der Waals surface area contributed by atoms with Gasteiger partial charge in [0.05, 0.1) is 5.54 Å². The summed E-state index contributed by atoms with van der Waals surface area (Å²) in [5.74, 6) is 0.805. The first kappa shape index (κ1) is 14.5. The molecule has 17 heavy (non-hydrogen) atoms. The first-order valence-corrected chi connectivity index (χ1v) is 7.17. The standard InChI is InChI=1S/C14H28N2O/c1-3-14(4-2,11-15)16-13(17)10-12-8-6-5-7-9-12/h12H,3-11,15H2,1-2H3,(H,16,17). The van der Waals surface area contributed by atoms with Crippen molar-refractivity contribution in [2.24, 2.45) is 11.7 Å². The van der Waals surface area contributed by atoms with Crippen LogP contribution in [0.2, 0.25) is 0 Å². The third-order valence-corrected chi connectivity index (χ3v) is 4.35. The minimum absolute atomic E-state index is 0.175. The van der Waals surface area contributed by atoms with E-state index in [1.807, 2.05) is 0 Å². The average molecular weight is 240 g/mol. The molecule has 1 rings (SSSR count). The molecule has 0 aromatic carbocycles. The van der Waals surface area contributed by atoms with Gasteiger partial charge < -0.3 is 11.1 Å².